The van der Waals surface area contributed by atoms with E-state index < -0.39 is 0 Å². The summed E-state index contributed by atoms with van der Waals surface area (Å²) in [7, 11) is 3.39. The highest BCUT2D eigenvalue weighted by molar-refractivity contribution is 7.80. The second-order valence-corrected chi connectivity index (χ2v) is 4.74. The molecule has 1 rings (SSSR count). The third kappa shape index (κ3) is 5.09. The smallest absolute Gasteiger partial charge is 0.316 e. The molecule has 0 atom stereocenters. The van der Waals surface area contributed by atoms with Crippen LogP contribution in [0.3, 0.4) is 0 Å². The maximum atomic E-state index is 11.3. The van der Waals surface area contributed by atoms with Gasteiger partial charge in [-0.2, -0.15) is 0 Å². The highest BCUT2D eigenvalue weighted by atomic mass is 32.1. The lowest BCUT2D eigenvalue weighted by atomic mass is 10.2. The number of hydrogen-bond acceptors (Lipinski definition) is 4. The van der Waals surface area contributed by atoms with Crippen LogP contribution in [0.1, 0.15) is 11.3 Å². The van der Waals surface area contributed by atoms with Gasteiger partial charge in [-0.05, 0) is 19.1 Å². The summed E-state index contributed by atoms with van der Waals surface area (Å²) in [5.41, 5.74) is 7.21. The number of anilines is 1. The fraction of sp³-hybridized carbons (Fsp3) is 0.417. The first-order chi connectivity index (χ1) is 8.90. The van der Waals surface area contributed by atoms with Crippen LogP contribution >= 0.6 is 12.2 Å². The van der Waals surface area contributed by atoms with Crippen molar-refractivity contribution in [1.29, 1.82) is 0 Å². The molecule has 19 heavy (non-hydrogen) atoms. The summed E-state index contributed by atoms with van der Waals surface area (Å²) >= 11 is 4.94. The quantitative estimate of drug-likeness (QED) is 0.547. The summed E-state index contributed by atoms with van der Waals surface area (Å²) in [5, 5.41) is 5.87. The molecule has 0 aliphatic heterocycles. The molecule has 2 amide bonds. The Kier molecular flexibility index (Phi) is 5.50. The molecule has 0 bridgehead atoms. The summed E-state index contributed by atoms with van der Waals surface area (Å²) in [5.74, 6) is 0.696. The average Bonchev–Trinajstić information content (AvgIpc) is 2.33. The van der Waals surface area contributed by atoms with Crippen LogP contribution in [-0.4, -0.2) is 48.1 Å². The van der Waals surface area contributed by atoms with Crippen LogP contribution in [0.5, 0.6) is 0 Å². The minimum absolute atomic E-state index is 0.122. The van der Waals surface area contributed by atoms with Crippen molar-refractivity contribution in [1.82, 2.24) is 15.2 Å². The van der Waals surface area contributed by atoms with Gasteiger partial charge in [0, 0.05) is 38.4 Å². The van der Waals surface area contributed by atoms with Gasteiger partial charge < -0.3 is 21.3 Å². The van der Waals surface area contributed by atoms with Crippen LogP contribution in [0.15, 0.2) is 12.1 Å². The lowest BCUT2D eigenvalue weighted by Gasteiger charge is -2.13. The minimum Gasteiger partial charge on any atom is -0.389 e. The van der Waals surface area contributed by atoms with Gasteiger partial charge in [0.2, 0.25) is 0 Å². The van der Waals surface area contributed by atoms with Gasteiger partial charge in [0.1, 0.15) is 10.8 Å². The van der Waals surface area contributed by atoms with E-state index in [1.54, 1.807) is 20.2 Å². The van der Waals surface area contributed by atoms with Crippen molar-refractivity contribution < 1.29 is 4.79 Å². The lowest BCUT2D eigenvalue weighted by Crippen LogP contribution is -2.37. The summed E-state index contributed by atoms with van der Waals surface area (Å²) < 4.78 is 0. The molecule has 0 aliphatic carbocycles. The Morgan fingerprint density at radius 3 is 2.68 bits per heavy atom. The Labute approximate surface area is 118 Å². The number of hydrogen-bond donors (Lipinski definition) is 3. The van der Waals surface area contributed by atoms with Gasteiger partial charge in [0.15, 0.2) is 0 Å². The number of urea groups is 1. The Morgan fingerprint density at radius 1 is 1.42 bits per heavy atom. The summed E-state index contributed by atoms with van der Waals surface area (Å²) in [6, 6.07) is 3.51. The van der Waals surface area contributed by atoms with E-state index in [1.165, 1.54) is 4.90 Å². The largest absolute Gasteiger partial charge is 0.389 e. The summed E-state index contributed by atoms with van der Waals surface area (Å²) in [6.07, 6.45) is 0. The molecule has 0 aliphatic rings. The first kappa shape index (κ1) is 15.2. The average molecular weight is 281 g/mol. The van der Waals surface area contributed by atoms with E-state index in [0.717, 1.165) is 11.3 Å². The van der Waals surface area contributed by atoms with Crippen LogP contribution < -0.4 is 16.4 Å². The predicted octanol–water partition coefficient (Wildman–Crippen LogP) is 0.707. The second-order valence-electron chi connectivity index (χ2n) is 4.30. The summed E-state index contributed by atoms with van der Waals surface area (Å²) in [6.45, 7) is 2.96. The monoisotopic (exact) mass is 281 g/mol. The molecule has 1 aromatic rings. The van der Waals surface area contributed by atoms with Gasteiger partial charge in [0.05, 0.1) is 0 Å². The number of nitrogens with zero attached hydrogens (tertiary/aromatic N) is 2. The lowest BCUT2D eigenvalue weighted by molar-refractivity contribution is 0.218. The number of aromatic nitrogens is 1. The van der Waals surface area contributed by atoms with Crippen LogP contribution in [0.2, 0.25) is 0 Å². The predicted molar refractivity (Wildman–Crippen MR) is 80.4 cm³/mol. The number of aryl methyl sites for hydroxylation is 1. The van der Waals surface area contributed by atoms with Crippen LogP contribution in [-0.2, 0) is 0 Å². The standard InChI is InChI=1S/C12H19N5OS/c1-8-6-9(11(13)19)7-10(16-8)14-4-5-15-12(18)17(2)3/h6-7H,4-5H2,1-3H3,(H2,13,19)(H,14,16)(H,15,18). The molecule has 7 heteroatoms. The third-order valence-electron chi connectivity index (χ3n) is 2.35. The summed E-state index contributed by atoms with van der Waals surface area (Å²) in [4.78, 5) is 17.4. The minimum atomic E-state index is -0.122. The van der Waals surface area contributed by atoms with Gasteiger partial charge in [-0.1, -0.05) is 12.2 Å². The SMILES string of the molecule is Cc1cc(C(N)=S)cc(NCCNC(=O)N(C)C)n1. The Hall–Kier alpha value is -1.89. The van der Waals surface area contributed by atoms with E-state index in [9.17, 15) is 4.79 Å². The molecular weight excluding hydrogens is 262 g/mol. The number of pyridine rings is 1. The third-order valence-corrected chi connectivity index (χ3v) is 2.59. The zero-order valence-electron chi connectivity index (χ0n) is 11.4. The topological polar surface area (TPSA) is 83.3 Å². The first-order valence-corrected chi connectivity index (χ1v) is 6.28. The van der Waals surface area contributed by atoms with Crippen molar-refractivity contribution in [3.63, 3.8) is 0 Å². The highest BCUT2D eigenvalue weighted by Gasteiger charge is 2.03. The highest BCUT2D eigenvalue weighted by Crippen LogP contribution is 2.09. The Bertz CT molecular complexity index is 475. The van der Waals surface area contributed by atoms with Gasteiger partial charge >= 0.3 is 6.03 Å². The van der Waals surface area contributed by atoms with Crippen LogP contribution in [0.4, 0.5) is 10.6 Å². The van der Waals surface area contributed by atoms with Crippen molar-refractivity contribution in [2.75, 3.05) is 32.5 Å². The normalized spacial score (nSPS) is 9.84. The fourth-order valence-corrected chi connectivity index (χ4v) is 1.54. The van der Waals surface area contributed by atoms with Gasteiger partial charge in [-0.25, -0.2) is 9.78 Å². The number of nitrogens with two attached hydrogens (primary N) is 1. The van der Waals surface area contributed by atoms with Crippen molar-refractivity contribution in [3.05, 3.63) is 23.4 Å². The van der Waals surface area contributed by atoms with E-state index >= 15 is 0 Å². The van der Waals surface area contributed by atoms with E-state index in [-0.39, 0.29) is 6.03 Å². The molecule has 6 nitrogen and oxygen atoms in total. The van der Waals surface area contributed by atoms with Crippen LogP contribution in [0.25, 0.3) is 0 Å². The molecule has 0 unspecified atom stereocenters. The molecule has 0 spiro atoms. The van der Waals surface area contributed by atoms with Crippen LogP contribution in [0, 0.1) is 6.92 Å². The first-order valence-electron chi connectivity index (χ1n) is 5.87. The molecule has 1 aromatic heterocycles. The molecule has 0 aromatic carbocycles. The fourth-order valence-electron chi connectivity index (χ4n) is 1.42. The van der Waals surface area contributed by atoms with Crippen molar-refractivity contribution >= 4 is 29.1 Å². The Morgan fingerprint density at radius 2 is 2.11 bits per heavy atom. The number of amides is 2. The number of carbonyl (C=O) groups excluding carboxylic acids is 1. The maximum Gasteiger partial charge on any atom is 0.316 e. The maximum absolute atomic E-state index is 11.3. The van der Waals surface area contributed by atoms with Gasteiger partial charge in [0.25, 0.3) is 0 Å². The van der Waals surface area contributed by atoms with Crippen molar-refractivity contribution in [2.24, 2.45) is 5.73 Å². The molecule has 0 radical (unpaired) electrons. The Balaban J connectivity index is 2.49. The zero-order chi connectivity index (χ0) is 14.4. The van der Waals surface area contributed by atoms with Crippen molar-refractivity contribution in [2.45, 2.75) is 6.92 Å². The van der Waals surface area contributed by atoms with Crippen molar-refractivity contribution in [3.8, 4) is 0 Å². The number of carbonyl (C=O) groups is 1. The van der Waals surface area contributed by atoms with Gasteiger partial charge in [-0.3, -0.25) is 0 Å². The molecule has 0 fully saturated rings. The molecule has 104 valence electrons. The van der Waals surface area contributed by atoms with E-state index in [1.807, 2.05) is 13.0 Å². The number of thiocarbonyl (C=S) groups is 1. The molecular formula is C12H19N5OS. The van der Waals surface area contributed by atoms with E-state index in [4.69, 9.17) is 18.0 Å². The number of rotatable bonds is 5. The number of nitrogens with one attached hydrogen (secondary N) is 2. The van der Waals surface area contributed by atoms with E-state index in [2.05, 4.69) is 15.6 Å². The molecule has 0 saturated carbocycles. The van der Waals surface area contributed by atoms with E-state index in [0.29, 0.717) is 23.9 Å². The second kappa shape index (κ2) is 6.89. The van der Waals surface area contributed by atoms with Gasteiger partial charge in [-0.15, -0.1) is 0 Å². The zero-order valence-corrected chi connectivity index (χ0v) is 12.2. The molecule has 4 N–H and O–H groups in total. The molecule has 1 heterocycles. The molecule has 0 saturated heterocycles.